The Bertz CT molecular complexity index is 305. The summed E-state index contributed by atoms with van der Waals surface area (Å²) >= 11 is 0. The van der Waals surface area contributed by atoms with Crippen molar-refractivity contribution in [3.63, 3.8) is 0 Å². The number of allylic oxidation sites excluding steroid dienone is 2. The molecule has 1 aliphatic carbocycles. The maximum absolute atomic E-state index is 11.3. The van der Waals surface area contributed by atoms with Gasteiger partial charge in [0.05, 0.1) is 5.92 Å². The third-order valence-corrected chi connectivity index (χ3v) is 4.17. The summed E-state index contributed by atoms with van der Waals surface area (Å²) < 4.78 is 0. The second-order valence-electron chi connectivity index (χ2n) is 5.21. The summed E-state index contributed by atoms with van der Waals surface area (Å²) in [6, 6.07) is 0. The summed E-state index contributed by atoms with van der Waals surface area (Å²) in [7, 11) is 0. The van der Waals surface area contributed by atoms with Gasteiger partial charge >= 0.3 is 5.97 Å². The number of carboxylic acid groups (broad SMARTS) is 1. The van der Waals surface area contributed by atoms with Crippen LogP contribution in [-0.4, -0.2) is 29.1 Å². The third-order valence-electron chi connectivity index (χ3n) is 4.17. The van der Waals surface area contributed by atoms with Crippen molar-refractivity contribution in [2.75, 3.05) is 13.1 Å². The van der Waals surface area contributed by atoms with E-state index in [1.54, 1.807) is 0 Å². The van der Waals surface area contributed by atoms with Gasteiger partial charge < -0.3 is 10.0 Å². The average Bonchev–Trinajstić information content (AvgIpc) is 2.83. The van der Waals surface area contributed by atoms with Crippen LogP contribution < -0.4 is 0 Å². The molecule has 1 heterocycles. The van der Waals surface area contributed by atoms with Gasteiger partial charge in [0.2, 0.25) is 0 Å². The van der Waals surface area contributed by atoms with Gasteiger partial charge in [0.15, 0.2) is 0 Å². The van der Waals surface area contributed by atoms with Crippen LogP contribution in [0, 0.1) is 11.8 Å². The monoisotopic (exact) mass is 237 g/mol. The molecule has 3 nitrogen and oxygen atoms in total. The number of hydrogen-bond donors (Lipinski definition) is 1. The van der Waals surface area contributed by atoms with Crippen molar-refractivity contribution in [1.82, 2.24) is 4.90 Å². The highest BCUT2D eigenvalue weighted by molar-refractivity contribution is 5.70. The zero-order valence-corrected chi connectivity index (χ0v) is 10.7. The predicted molar refractivity (Wildman–Crippen MR) is 67.6 cm³/mol. The van der Waals surface area contributed by atoms with E-state index in [0.717, 1.165) is 38.8 Å². The van der Waals surface area contributed by atoms with Crippen LogP contribution in [0.4, 0.5) is 0 Å². The van der Waals surface area contributed by atoms with Crippen LogP contribution >= 0.6 is 0 Å². The molecule has 0 amide bonds. The fraction of sp³-hybridized carbons (Fsp3) is 0.786. The third kappa shape index (κ3) is 2.64. The lowest BCUT2D eigenvalue weighted by molar-refractivity contribution is -0.143. The van der Waals surface area contributed by atoms with Crippen molar-refractivity contribution in [2.45, 2.75) is 45.4 Å². The molecular formula is C14H23NO2. The smallest absolute Gasteiger partial charge is 0.307 e. The molecule has 1 N–H and O–H groups in total. The van der Waals surface area contributed by atoms with Crippen LogP contribution in [0.1, 0.15) is 45.4 Å². The molecular weight excluding hydrogens is 214 g/mol. The topological polar surface area (TPSA) is 40.5 Å². The van der Waals surface area contributed by atoms with E-state index in [2.05, 4.69) is 11.0 Å². The number of hydrogen-bond acceptors (Lipinski definition) is 2. The zero-order valence-electron chi connectivity index (χ0n) is 10.7. The van der Waals surface area contributed by atoms with Crippen LogP contribution in [0.25, 0.3) is 0 Å². The minimum Gasteiger partial charge on any atom is -0.481 e. The second kappa shape index (κ2) is 5.56. The molecule has 0 spiro atoms. The van der Waals surface area contributed by atoms with E-state index >= 15 is 0 Å². The van der Waals surface area contributed by atoms with Crippen molar-refractivity contribution in [3.8, 4) is 0 Å². The molecule has 0 aromatic rings. The van der Waals surface area contributed by atoms with Crippen molar-refractivity contribution in [2.24, 2.45) is 11.8 Å². The van der Waals surface area contributed by atoms with Crippen LogP contribution in [0.5, 0.6) is 0 Å². The number of nitrogens with zero attached hydrogens (tertiary/aromatic N) is 1. The summed E-state index contributed by atoms with van der Waals surface area (Å²) in [5, 5.41) is 9.34. The number of aliphatic carboxylic acids is 1. The van der Waals surface area contributed by atoms with Crippen LogP contribution in [-0.2, 0) is 4.79 Å². The average molecular weight is 237 g/mol. The zero-order chi connectivity index (χ0) is 12.3. The van der Waals surface area contributed by atoms with Crippen LogP contribution in [0.15, 0.2) is 11.8 Å². The van der Waals surface area contributed by atoms with Gasteiger partial charge in [0, 0.05) is 24.7 Å². The van der Waals surface area contributed by atoms with Crippen LogP contribution in [0.2, 0.25) is 0 Å². The summed E-state index contributed by atoms with van der Waals surface area (Å²) in [5.74, 6) is -0.559. The molecule has 0 radical (unpaired) electrons. The van der Waals surface area contributed by atoms with Crippen molar-refractivity contribution in [1.29, 1.82) is 0 Å². The van der Waals surface area contributed by atoms with E-state index in [9.17, 15) is 9.90 Å². The summed E-state index contributed by atoms with van der Waals surface area (Å²) in [4.78, 5) is 13.8. The number of carbonyl (C=O) groups is 1. The van der Waals surface area contributed by atoms with E-state index in [-0.39, 0.29) is 11.8 Å². The Balaban J connectivity index is 2.15. The lowest BCUT2D eigenvalue weighted by Crippen LogP contribution is -2.33. The van der Waals surface area contributed by atoms with Gasteiger partial charge in [0.25, 0.3) is 0 Å². The number of rotatable bonds is 4. The molecule has 3 heteroatoms. The molecule has 0 aromatic heterocycles. The summed E-state index contributed by atoms with van der Waals surface area (Å²) in [6.45, 7) is 4.24. The molecule has 17 heavy (non-hydrogen) atoms. The standard InChI is InChI=1S/C14H23NO2/c1-2-11(14(16)17)12-7-3-4-8-13(12)15-9-5-6-10-15/h8,11-12H,2-7,9-10H2,1H3,(H,16,17). The molecule has 2 aliphatic rings. The Hall–Kier alpha value is -0.990. The van der Waals surface area contributed by atoms with E-state index in [1.165, 1.54) is 18.5 Å². The molecule has 2 rings (SSSR count). The lowest BCUT2D eigenvalue weighted by atomic mass is 9.80. The maximum Gasteiger partial charge on any atom is 0.307 e. The van der Waals surface area contributed by atoms with E-state index in [0.29, 0.717) is 0 Å². The first-order valence-corrected chi connectivity index (χ1v) is 6.92. The Kier molecular flexibility index (Phi) is 4.08. The van der Waals surface area contributed by atoms with Gasteiger partial charge in [-0.15, -0.1) is 0 Å². The fourth-order valence-electron chi connectivity index (χ4n) is 3.26. The van der Waals surface area contributed by atoms with Gasteiger partial charge in [-0.05, 0) is 38.5 Å². The molecule has 96 valence electrons. The highest BCUT2D eigenvalue weighted by Crippen LogP contribution is 2.36. The van der Waals surface area contributed by atoms with Crippen molar-refractivity contribution >= 4 is 5.97 Å². The SMILES string of the molecule is CCC(C(=O)O)C1CCCC=C1N1CCCC1. The minimum absolute atomic E-state index is 0.192. The van der Waals surface area contributed by atoms with Crippen molar-refractivity contribution < 1.29 is 9.90 Å². The highest BCUT2D eigenvalue weighted by Gasteiger charge is 2.33. The molecule has 1 fully saturated rings. The quantitative estimate of drug-likeness (QED) is 0.817. The fourth-order valence-corrected chi connectivity index (χ4v) is 3.26. The number of carboxylic acids is 1. The second-order valence-corrected chi connectivity index (χ2v) is 5.21. The first kappa shape index (κ1) is 12.5. The molecule has 2 unspecified atom stereocenters. The van der Waals surface area contributed by atoms with Gasteiger partial charge in [-0.1, -0.05) is 13.0 Å². The molecule has 0 aromatic carbocycles. The highest BCUT2D eigenvalue weighted by atomic mass is 16.4. The Morgan fingerprint density at radius 1 is 1.47 bits per heavy atom. The van der Waals surface area contributed by atoms with Crippen molar-refractivity contribution in [3.05, 3.63) is 11.8 Å². The Labute approximate surface area is 103 Å². The van der Waals surface area contributed by atoms with Crippen LogP contribution in [0.3, 0.4) is 0 Å². The normalized spacial score (nSPS) is 26.8. The van der Waals surface area contributed by atoms with Gasteiger partial charge in [-0.3, -0.25) is 4.79 Å². The maximum atomic E-state index is 11.3. The van der Waals surface area contributed by atoms with Gasteiger partial charge in [-0.2, -0.15) is 0 Å². The van der Waals surface area contributed by atoms with E-state index in [4.69, 9.17) is 0 Å². The predicted octanol–water partition coefficient (Wildman–Crippen LogP) is 2.88. The molecule has 2 atom stereocenters. The first-order chi connectivity index (χ1) is 8.24. The van der Waals surface area contributed by atoms with Gasteiger partial charge in [-0.25, -0.2) is 0 Å². The summed E-state index contributed by atoms with van der Waals surface area (Å²) in [6.07, 6.45) is 8.87. The lowest BCUT2D eigenvalue weighted by Gasteiger charge is -2.35. The Morgan fingerprint density at radius 3 is 2.76 bits per heavy atom. The summed E-state index contributed by atoms with van der Waals surface area (Å²) in [5.41, 5.74) is 1.34. The Morgan fingerprint density at radius 2 is 2.18 bits per heavy atom. The number of likely N-dealkylation sites (tertiary alicyclic amines) is 1. The van der Waals surface area contributed by atoms with Gasteiger partial charge in [0.1, 0.15) is 0 Å². The molecule has 1 saturated heterocycles. The molecule has 0 saturated carbocycles. The van der Waals surface area contributed by atoms with E-state index < -0.39 is 5.97 Å². The largest absolute Gasteiger partial charge is 0.481 e. The minimum atomic E-state index is -0.621. The first-order valence-electron chi connectivity index (χ1n) is 6.92. The molecule has 0 bridgehead atoms. The van der Waals surface area contributed by atoms with E-state index in [1.807, 2.05) is 6.92 Å². The molecule has 1 aliphatic heterocycles.